The van der Waals surface area contributed by atoms with Gasteiger partial charge in [-0.1, -0.05) is 36.4 Å². The van der Waals surface area contributed by atoms with Crippen LogP contribution >= 0.6 is 15.9 Å². The molecule has 4 rings (SSSR count). The van der Waals surface area contributed by atoms with Crippen LogP contribution < -0.4 is 19.7 Å². The van der Waals surface area contributed by atoms with Crippen molar-refractivity contribution >= 4 is 45.5 Å². The first-order valence-electron chi connectivity index (χ1n) is 10.8. The minimum Gasteiger partial charge on any atom is -0.493 e. The van der Waals surface area contributed by atoms with Crippen molar-refractivity contribution in [2.24, 2.45) is 0 Å². The number of benzene rings is 3. The second kappa shape index (κ2) is 10.1. The molecule has 1 saturated heterocycles. The molecule has 8 heteroatoms. The highest BCUT2D eigenvalue weighted by molar-refractivity contribution is 9.10. The first-order chi connectivity index (χ1) is 16.8. The molecule has 7 nitrogen and oxygen atoms in total. The molecule has 1 N–H and O–H groups in total. The lowest BCUT2D eigenvalue weighted by molar-refractivity contribution is -0.122. The van der Waals surface area contributed by atoms with Crippen LogP contribution in [0.5, 0.6) is 11.5 Å². The average Bonchev–Trinajstić information content (AvgIpc) is 2.83. The normalized spacial score (nSPS) is 14.8. The summed E-state index contributed by atoms with van der Waals surface area (Å²) in [5.74, 6) is -0.557. The van der Waals surface area contributed by atoms with E-state index in [1.807, 2.05) is 50.2 Å². The number of carbonyl (C=O) groups is 3. The number of anilines is 1. The van der Waals surface area contributed by atoms with Gasteiger partial charge in [-0.05, 0) is 82.4 Å². The Bertz CT molecular complexity index is 1350. The van der Waals surface area contributed by atoms with Crippen LogP contribution in [-0.2, 0) is 16.2 Å². The van der Waals surface area contributed by atoms with Gasteiger partial charge >= 0.3 is 6.03 Å². The summed E-state index contributed by atoms with van der Waals surface area (Å²) in [6, 6.07) is 17.5. The third kappa shape index (κ3) is 5.12. The largest absolute Gasteiger partial charge is 0.493 e. The quantitative estimate of drug-likeness (QED) is 0.341. The Balaban J connectivity index is 1.65. The van der Waals surface area contributed by atoms with Gasteiger partial charge in [0.2, 0.25) is 0 Å². The highest BCUT2D eigenvalue weighted by Gasteiger charge is 2.37. The number of barbiturate groups is 1. The molecule has 35 heavy (non-hydrogen) atoms. The van der Waals surface area contributed by atoms with E-state index in [4.69, 9.17) is 9.47 Å². The third-order valence-electron chi connectivity index (χ3n) is 5.64. The fraction of sp³-hybridized carbons (Fsp3) is 0.148. The van der Waals surface area contributed by atoms with E-state index in [2.05, 4.69) is 21.2 Å². The summed E-state index contributed by atoms with van der Waals surface area (Å²) in [5.41, 5.74) is 3.68. The molecule has 0 radical (unpaired) electrons. The van der Waals surface area contributed by atoms with Gasteiger partial charge < -0.3 is 9.47 Å². The number of hydrogen-bond acceptors (Lipinski definition) is 5. The van der Waals surface area contributed by atoms with Crippen LogP contribution in [0.2, 0.25) is 0 Å². The lowest BCUT2D eigenvalue weighted by atomic mass is 10.0. The molecule has 1 aliphatic heterocycles. The third-order valence-corrected chi connectivity index (χ3v) is 6.23. The molecule has 0 unspecified atom stereocenters. The van der Waals surface area contributed by atoms with Crippen molar-refractivity contribution in [1.29, 1.82) is 0 Å². The first-order valence-corrected chi connectivity index (χ1v) is 11.6. The Hall–Kier alpha value is -3.91. The highest BCUT2D eigenvalue weighted by Crippen LogP contribution is 2.38. The second-order valence-electron chi connectivity index (χ2n) is 8.03. The van der Waals surface area contributed by atoms with Gasteiger partial charge in [0.1, 0.15) is 12.2 Å². The summed E-state index contributed by atoms with van der Waals surface area (Å²) in [4.78, 5) is 39.3. The number of nitrogens with one attached hydrogen (secondary N) is 1. The molecule has 178 valence electrons. The van der Waals surface area contributed by atoms with Crippen molar-refractivity contribution in [3.8, 4) is 11.5 Å². The zero-order valence-electron chi connectivity index (χ0n) is 19.4. The fourth-order valence-electron chi connectivity index (χ4n) is 3.62. The van der Waals surface area contributed by atoms with Gasteiger partial charge in [-0.3, -0.25) is 14.9 Å². The van der Waals surface area contributed by atoms with E-state index in [9.17, 15) is 14.4 Å². The highest BCUT2D eigenvalue weighted by atomic mass is 79.9. The van der Waals surface area contributed by atoms with Crippen LogP contribution in [0.1, 0.15) is 22.3 Å². The van der Waals surface area contributed by atoms with Crippen molar-refractivity contribution in [3.63, 3.8) is 0 Å². The van der Waals surface area contributed by atoms with E-state index in [-0.39, 0.29) is 5.57 Å². The predicted molar refractivity (Wildman–Crippen MR) is 136 cm³/mol. The van der Waals surface area contributed by atoms with Crippen molar-refractivity contribution in [1.82, 2.24) is 5.32 Å². The molecule has 0 atom stereocenters. The van der Waals surface area contributed by atoms with E-state index >= 15 is 0 Å². The summed E-state index contributed by atoms with van der Waals surface area (Å²) in [5, 5.41) is 2.25. The number of methoxy groups -OCH3 is 1. The standard InChI is InChI=1S/C27H23BrN2O5/c1-16-9-10-20(11-17(16)2)30-26(32)21(25(31)29-27(30)33)12-19-13-22(28)24(23(14-19)34-3)35-15-18-7-5-4-6-8-18/h4-14H,15H2,1-3H3,(H,29,31,33)/b21-12+. The van der Waals surface area contributed by atoms with Crippen molar-refractivity contribution in [2.75, 3.05) is 12.0 Å². The fourth-order valence-corrected chi connectivity index (χ4v) is 4.19. The molecule has 1 aliphatic rings. The Labute approximate surface area is 211 Å². The van der Waals surface area contributed by atoms with E-state index in [0.717, 1.165) is 21.6 Å². The number of nitrogens with zero attached hydrogens (tertiary/aromatic N) is 1. The zero-order valence-corrected chi connectivity index (χ0v) is 21.0. The molecular weight excluding hydrogens is 512 g/mol. The summed E-state index contributed by atoms with van der Waals surface area (Å²) in [7, 11) is 1.51. The number of amides is 4. The van der Waals surface area contributed by atoms with Crippen LogP contribution in [0.15, 0.2) is 70.7 Å². The Kier molecular flexibility index (Phi) is 7.02. The first kappa shape index (κ1) is 24.2. The van der Waals surface area contributed by atoms with Crippen molar-refractivity contribution in [2.45, 2.75) is 20.5 Å². The topological polar surface area (TPSA) is 84.9 Å². The number of hydrogen-bond donors (Lipinski definition) is 1. The van der Waals surface area contributed by atoms with Crippen LogP contribution in [0.4, 0.5) is 10.5 Å². The smallest absolute Gasteiger partial charge is 0.335 e. The van der Waals surface area contributed by atoms with E-state index in [1.54, 1.807) is 24.3 Å². The van der Waals surface area contributed by atoms with Gasteiger partial charge in [0.15, 0.2) is 11.5 Å². The van der Waals surface area contributed by atoms with Crippen LogP contribution in [0, 0.1) is 13.8 Å². The molecule has 0 spiro atoms. The number of aryl methyl sites for hydroxylation is 2. The lowest BCUT2D eigenvalue weighted by Crippen LogP contribution is -2.54. The van der Waals surface area contributed by atoms with Crippen molar-refractivity contribution < 1.29 is 23.9 Å². The number of rotatable bonds is 6. The number of urea groups is 1. The number of ether oxygens (including phenoxy) is 2. The molecule has 1 fully saturated rings. The Morgan fingerprint density at radius 2 is 1.71 bits per heavy atom. The van der Waals surface area contributed by atoms with E-state index < -0.39 is 17.8 Å². The van der Waals surface area contributed by atoms with E-state index in [1.165, 1.54) is 13.2 Å². The molecule has 0 bridgehead atoms. The molecule has 3 aromatic rings. The molecule has 4 amide bonds. The number of imide groups is 2. The van der Waals surface area contributed by atoms with Gasteiger partial charge in [-0.15, -0.1) is 0 Å². The van der Waals surface area contributed by atoms with Crippen LogP contribution in [0.3, 0.4) is 0 Å². The van der Waals surface area contributed by atoms with Gasteiger partial charge in [-0.25, -0.2) is 9.69 Å². The molecule has 0 aromatic heterocycles. The molecule has 0 aliphatic carbocycles. The SMILES string of the molecule is COc1cc(/C=C2\C(=O)NC(=O)N(c3ccc(C)c(C)c3)C2=O)cc(Br)c1OCc1ccccc1. The summed E-state index contributed by atoms with van der Waals surface area (Å²) in [6.07, 6.45) is 1.42. The maximum atomic E-state index is 13.2. The average molecular weight is 535 g/mol. The Morgan fingerprint density at radius 3 is 2.40 bits per heavy atom. The van der Waals surface area contributed by atoms with Gasteiger partial charge in [0.05, 0.1) is 17.3 Å². The summed E-state index contributed by atoms with van der Waals surface area (Å²) >= 11 is 3.50. The number of carbonyl (C=O) groups excluding carboxylic acids is 3. The summed E-state index contributed by atoms with van der Waals surface area (Å²) in [6.45, 7) is 4.16. The predicted octanol–water partition coefficient (Wildman–Crippen LogP) is 5.32. The molecule has 3 aromatic carbocycles. The lowest BCUT2D eigenvalue weighted by Gasteiger charge is -2.27. The minimum atomic E-state index is -0.788. The van der Waals surface area contributed by atoms with E-state index in [0.29, 0.717) is 33.8 Å². The Morgan fingerprint density at radius 1 is 0.971 bits per heavy atom. The van der Waals surface area contributed by atoms with Crippen LogP contribution in [0.25, 0.3) is 6.08 Å². The van der Waals surface area contributed by atoms with Gasteiger partial charge in [-0.2, -0.15) is 0 Å². The zero-order chi connectivity index (χ0) is 25.1. The second-order valence-corrected chi connectivity index (χ2v) is 8.89. The number of halogens is 1. The molecule has 1 heterocycles. The minimum absolute atomic E-state index is 0.172. The van der Waals surface area contributed by atoms with Gasteiger partial charge in [0.25, 0.3) is 11.8 Å². The monoisotopic (exact) mass is 534 g/mol. The molecule has 0 saturated carbocycles. The maximum absolute atomic E-state index is 13.2. The molecular formula is C27H23BrN2O5. The maximum Gasteiger partial charge on any atom is 0.335 e. The van der Waals surface area contributed by atoms with Gasteiger partial charge in [0, 0.05) is 0 Å². The summed E-state index contributed by atoms with van der Waals surface area (Å²) < 4.78 is 12.0. The van der Waals surface area contributed by atoms with Crippen LogP contribution in [-0.4, -0.2) is 25.0 Å². The van der Waals surface area contributed by atoms with Crippen molar-refractivity contribution in [3.05, 3.63) is 93.0 Å².